The van der Waals surface area contributed by atoms with Gasteiger partial charge in [0.05, 0.1) is 12.2 Å². The van der Waals surface area contributed by atoms with Gasteiger partial charge in [0, 0.05) is 11.0 Å². The highest BCUT2D eigenvalue weighted by molar-refractivity contribution is 9.10. The van der Waals surface area contributed by atoms with Crippen molar-refractivity contribution >= 4 is 21.8 Å². The van der Waals surface area contributed by atoms with Gasteiger partial charge in [-0.2, -0.15) is 0 Å². The fourth-order valence-corrected chi connectivity index (χ4v) is 2.34. The highest BCUT2D eigenvalue weighted by atomic mass is 79.9. The van der Waals surface area contributed by atoms with E-state index in [1.165, 1.54) is 0 Å². The largest absolute Gasteiger partial charge is 0.392 e. The van der Waals surface area contributed by atoms with Gasteiger partial charge >= 0.3 is 0 Å². The topological polar surface area (TPSA) is 49.3 Å². The SMILES string of the molecule is O=C(NCCc1ccc(CO)cc1)c1ccccc1Br. The van der Waals surface area contributed by atoms with Crippen molar-refractivity contribution in [2.75, 3.05) is 6.54 Å². The van der Waals surface area contributed by atoms with Crippen molar-refractivity contribution in [1.82, 2.24) is 5.32 Å². The number of halogens is 1. The van der Waals surface area contributed by atoms with Crippen LogP contribution in [0.4, 0.5) is 0 Å². The maximum Gasteiger partial charge on any atom is 0.252 e. The van der Waals surface area contributed by atoms with Crippen molar-refractivity contribution < 1.29 is 9.90 Å². The Bertz CT molecular complexity index is 581. The Morgan fingerprint density at radius 1 is 1.05 bits per heavy atom. The number of carbonyl (C=O) groups is 1. The maximum atomic E-state index is 12.0. The number of rotatable bonds is 5. The van der Waals surface area contributed by atoms with Crippen LogP contribution in [0.1, 0.15) is 21.5 Å². The van der Waals surface area contributed by atoms with E-state index >= 15 is 0 Å². The minimum atomic E-state index is -0.0792. The normalized spacial score (nSPS) is 10.3. The summed E-state index contributed by atoms with van der Waals surface area (Å²) in [5.41, 5.74) is 2.67. The third-order valence-electron chi connectivity index (χ3n) is 3.02. The molecule has 0 saturated carbocycles. The second-order valence-electron chi connectivity index (χ2n) is 4.46. The number of hydrogen-bond acceptors (Lipinski definition) is 2. The van der Waals surface area contributed by atoms with E-state index in [1.807, 2.05) is 42.5 Å². The first-order valence-electron chi connectivity index (χ1n) is 6.42. The summed E-state index contributed by atoms with van der Waals surface area (Å²) in [6.45, 7) is 0.637. The van der Waals surface area contributed by atoms with Gasteiger partial charge in [-0.3, -0.25) is 4.79 Å². The van der Waals surface area contributed by atoms with Crippen LogP contribution in [0, 0.1) is 0 Å². The molecule has 2 aromatic rings. The van der Waals surface area contributed by atoms with Crippen LogP contribution >= 0.6 is 15.9 Å². The van der Waals surface area contributed by atoms with Crippen molar-refractivity contribution in [3.8, 4) is 0 Å². The predicted octanol–water partition coefficient (Wildman–Crippen LogP) is 2.91. The third kappa shape index (κ3) is 3.92. The van der Waals surface area contributed by atoms with Gasteiger partial charge in [-0.05, 0) is 45.6 Å². The van der Waals surface area contributed by atoms with Crippen molar-refractivity contribution in [2.24, 2.45) is 0 Å². The van der Waals surface area contributed by atoms with Crippen molar-refractivity contribution in [3.05, 3.63) is 69.7 Å². The molecular formula is C16H16BrNO2. The Morgan fingerprint density at radius 2 is 1.70 bits per heavy atom. The summed E-state index contributed by atoms with van der Waals surface area (Å²) in [5, 5.41) is 11.9. The minimum absolute atomic E-state index is 0.0546. The van der Waals surface area contributed by atoms with E-state index in [2.05, 4.69) is 21.2 Å². The smallest absolute Gasteiger partial charge is 0.252 e. The highest BCUT2D eigenvalue weighted by Crippen LogP contribution is 2.15. The Morgan fingerprint density at radius 3 is 2.35 bits per heavy atom. The van der Waals surface area contributed by atoms with Gasteiger partial charge in [-0.15, -0.1) is 0 Å². The molecule has 0 spiro atoms. The Kier molecular flexibility index (Phi) is 5.32. The summed E-state index contributed by atoms with van der Waals surface area (Å²) >= 11 is 3.37. The molecule has 2 N–H and O–H groups in total. The second-order valence-corrected chi connectivity index (χ2v) is 5.31. The molecule has 2 rings (SSSR count). The molecule has 0 aromatic heterocycles. The summed E-state index contributed by atoms with van der Waals surface area (Å²) < 4.78 is 0.796. The first kappa shape index (κ1) is 14.8. The second kappa shape index (κ2) is 7.22. The van der Waals surface area contributed by atoms with Gasteiger partial charge < -0.3 is 10.4 Å². The lowest BCUT2D eigenvalue weighted by molar-refractivity contribution is 0.0953. The maximum absolute atomic E-state index is 12.0. The van der Waals surface area contributed by atoms with Crippen molar-refractivity contribution in [3.63, 3.8) is 0 Å². The average Bonchev–Trinajstić information content (AvgIpc) is 2.48. The molecule has 1 amide bonds. The van der Waals surface area contributed by atoms with Crippen LogP contribution in [0.5, 0.6) is 0 Å². The lowest BCUT2D eigenvalue weighted by Gasteiger charge is -2.07. The summed E-state index contributed by atoms with van der Waals surface area (Å²) in [5.74, 6) is -0.0792. The first-order valence-corrected chi connectivity index (χ1v) is 7.21. The quantitative estimate of drug-likeness (QED) is 0.883. The number of aliphatic hydroxyl groups excluding tert-OH is 1. The number of aliphatic hydroxyl groups is 1. The van der Waals surface area contributed by atoms with Crippen LogP contribution in [-0.4, -0.2) is 17.6 Å². The highest BCUT2D eigenvalue weighted by Gasteiger charge is 2.07. The molecule has 0 aliphatic rings. The molecule has 0 fully saturated rings. The van der Waals surface area contributed by atoms with Gasteiger partial charge in [0.15, 0.2) is 0 Å². The van der Waals surface area contributed by atoms with Gasteiger partial charge in [0.1, 0.15) is 0 Å². The van der Waals surface area contributed by atoms with E-state index in [0.717, 1.165) is 22.0 Å². The fraction of sp³-hybridized carbons (Fsp3) is 0.188. The number of benzene rings is 2. The van der Waals surface area contributed by atoms with E-state index in [-0.39, 0.29) is 12.5 Å². The summed E-state index contributed by atoms with van der Waals surface area (Å²) in [4.78, 5) is 12.0. The van der Waals surface area contributed by atoms with Crippen LogP contribution in [0.2, 0.25) is 0 Å². The fourth-order valence-electron chi connectivity index (χ4n) is 1.87. The van der Waals surface area contributed by atoms with Gasteiger partial charge in [-0.25, -0.2) is 0 Å². The number of carbonyl (C=O) groups excluding carboxylic acids is 1. The summed E-state index contributed by atoms with van der Waals surface area (Å²) in [6, 6.07) is 15.1. The predicted molar refractivity (Wildman–Crippen MR) is 82.5 cm³/mol. The molecule has 0 aliphatic heterocycles. The van der Waals surface area contributed by atoms with Crippen molar-refractivity contribution in [1.29, 1.82) is 0 Å². The zero-order chi connectivity index (χ0) is 14.4. The molecule has 2 aromatic carbocycles. The van der Waals surface area contributed by atoms with E-state index in [9.17, 15) is 4.79 Å². The van der Waals surface area contributed by atoms with E-state index in [0.29, 0.717) is 12.1 Å². The van der Waals surface area contributed by atoms with Crippen LogP contribution in [0.15, 0.2) is 53.0 Å². The molecule has 0 bridgehead atoms. The molecule has 0 unspecified atom stereocenters. The number of nitrogens with one attached hydrogen (secondary N) is 1. The molecule has 0 radical (unpaired) electrons. The first-order chi connectivity index (χ1) is 9.70. The lowest BCUT2D eigenvalue weighted by Crippen LogP contribution is -2.25. The van der Waals surface area contributed by atoms with Crippen LogP contribution < -0.4 is 5.32 Å². The molecule has 104 valence electrons. The molecule has 4 heteroatoms. The lowest BCUT2D eigenvalue weighted by atomic mass is 10.1. The van der Waals surface area contributed by atoms with Gasteiger partial charge in [0.2, 0.25) is 0 Å². The van der Waals surface area contributed by atoms with Gasteiger partial charge in [0.25, 0.3) is 5.91 Å². The molecule has 0 atom stereocenters. The Hall–Kier alpha value is -1.65. The standard InChI is InChI=1S/C16H16BrNO2/c17-15-4-2-1-3-14(15)16(20)18-10-9-12-5-7-13(11-19)8-6-12/h1-8,19H,9-11H2,(H,18,20). The summed E-state index contributed by atoms with van der Waals surface area (Å²) in [6.07, 6.45) is 0.766. The summed E-state index contributed by atoms with van der Waals surface area (Å²) in [7, 11) is 0. The monoisotopic (exact) mass is 333 g/mol. The zero-order valence-electron chi connectivity index (χ0n) is 11.0. The molecular weight excluding hydrogens is 318 g/mol. The van der Waals surface area contributed by atoms with Crippen molar-refractivity contribution in [2.45, 2.75) is 13.0 Å². The van der Waals surface area contributed by atoms with Crippen LogP contribution in [0.25, 0.3) is 0 Å². The minimum Gasteiger partial charge on any atom is -0.392 e. The number of amides is 1. The molecule has 20 heavy (non-hydrogen) atoms. The molecule has 0 heterocycles. The van der Waals surface area contributed by atoms with E-state index in [1.54, 1.807) is 6.07 Å². The number of hydrogen-bond donors (Lipinski definition) is 2. The molecule has 0 aliphatic carbocycles. The zero-order valence-corrected chi connectivity index (χ0v) is 12.6. The Labute approximate surface area is 126 Å². The molecule has 3 nitrogen and oxygen atoms in total. The average molecular weight is 334 g/mol. The Balaban J connectivity index is 1.86. The van der Waals surface area contributed by atoms with Crippen LogP contribution in [0.3, 0.4) is 0 Å². The van der Waals surface area contributed by atoms with Crippen LogP contribution in [-0.2, 0) is 13.0 Å². The third-order valence-corrected chi connectivity index (χ3v) is 3.71. The molecule has 0 saturated heterocycles. The van der Waals surface area contributed by atoms with E-state index in [4.69, 9.17) is 5.11 Å². The van der Waals surface area contributed by atoms with E-state index < -0.39 is 0 Å². The van der Waals surface area contributed by atoms with Gasteiger partial charge in [-0.1, -0.05) is 36.4 Å².